The van der Waals surface area contributed by atoms with Crippen LogP contribution >= 0.6 is 23.2 Å². The van der Waals surface area contributed by atoms with Crippen molar-refractivity contribution in [3.63, 3.8) is 0 Å². The molecule has 0 aliphatic carbocycles. The summed E-state index contributed by atoms with van der Waals surface area (Å²) >= 11 is 12.4. The minimum atomic E-state index is -0.424. The van der Waals surface area contributed by atoms with E-state index in [4.69, 9.17) is 27.9 Å². The highest BCUT2D eigenvalue weighted by atomic mass is 35.5. The van der Waals surface area contributed by atoms with Gasteiger partial charge in [-0.1, -0.05) is 11.6 Å². The van der Waals surface area contributed by atoms with Crippen molar-refractivity contribution in [3.8, 4) is 0 Å². The molecule has 0 unspecified atom stereocenters. The van der Waals surface area contributed by atoms with E-state index in [0.29, 0.717) is 19.1 Å². The van der Waals surface area contributed by atoms with E-state index in [1.165, 1.54) is 0 Å². The van der Waals surface area contributed by atoms with Gasteiger partial charge in [0.05, 0.1) is 30.4 Å². The Morgan fingerprint density at radius 2 is 2.04 bits per heavy atom. The molecule has 2 aliphatic heterocycles. The van der Waals surface area contributed by atoms with Crippen LogP contribution in [-0.2, 0) is 4.74 Å². The maximum atomic E-state index is 10.3. The van der Waals surface area contributed by atoms with Gasteiger partial charge in [-0.3, -0.25) is 4.90 Å². The van der Waals surface area contributed by atoms with Crippen molar-refractivity contribution < 1.29 is 9.84 Å². The normalized spacial score (nSPS) is 28.7. The number of aromatic nitrogens is 2. The Hall–Kier alpha value is -0.980. The number of rotatable bonds is 2. The van der Waals surface area contributed by atoms with Gasteiger partial charge in [0.2, 0.25) is 5.28 Å². The first-order valence-corrected chi connectivity index (χ1v) is 9.35. The second kappa shape index (κ2) is 6.63. The molecule has 5 nitrogen and oxygen atoms in total. The molecule has 2 saturated heterocycles. The third-order valence-corrected chi connectivity index (χ3v) is 6.22. The van der Waals surface area contributed by atoms with Gasteiger partial charge in [-0.25, -0.2) is 9.97 Å². The van der Waals surface area contributed by atoms with Crippen LogP contribution in [0.4, 0.5) is 0 Å². The van der Waals surface area contributed by atoms with Crippen LogP contribution in [0.1, 0.15) is 31.2 Å². The number of aliphatic hydroxyl groups is 1. The molecular formula is C18H21Cl2N3O2. The molecule has 25 heavy (non-hydrogen) atoms. The first-order valence-electron chi connectivity index (χ1n) is 8.60. The second-order valence-corrected chi connectivity index (χ2v) is 7.97. The fourth-order valence-electron chi connectivity index (χ4n) is 4.01. The number of piperidine rings is 1. The van der Waals surface area contributed by atoms with Gasteiger partial charge in [0.25, 0.3) is 0 Å². The quantitative estimate of drug-likeness (QED) is 0.808. The Morgan fingerprint density at radius 3 is 2.72 bits per heavy atom. The van der Waals surface area contributed by atoms with Crippen LogP contribution in [-0.4, -0.2) is 57.9 Å². The summed E-state index contributed by atoms with van der Waals surface area (Å²) in [7, 11) is 0. The Balaban J connectivity index is 1.54. The molecule has 1 aromatic heterocycles. The van der Waals surface area contributed by atoms with Crippen LogP contribution in [0.2, 0.25) is 10.3 Å². The van der Waals surface area contributed by atoms with Crippen molar-refractivity contribution >= 4 is 34.1 Å². The highest BCUT2D eigenvalue weighted by molar-refractivity contribution is 6.32. The molecular weight excluding hydrogens is 361 g/mol. The zero-order valence-electron chi connectivity index (χ0n) is 14.1. The van der Waals surface area contributed by atoms with E-state index >= 15 is 0 Å². The topological polar surface area (TPSA) is 58.5 Å². The molecule has 3 heterocycles. The predicted molar refractivity (Wildman–Crippen MR) is 98.3 cm³/mol. The van der Waals surface area contributed by atoms with Crippen LogP contribution < -0.4 is 0 Å². The van der Waals surface area contributed by atoms with Crippen LogP contribution in [0, 0.1) is 0 Å². The van der Waals surface area contributed by atoms with Gasteiger partial charge in [0, 0.05) is 16.6 Å². The molecule has 0 radical (unpaired) electrons. The number of hydrogen-bond donors (Lipinski definition) is 1. The largest absolute Gasteiger partial charge is 0.389 e. The van der Waals surface area contributed by atoms with Crippen molar-refractivity contribution in [2.45, 2.75) is 37.3 Å². The molecule has 0 bridgehead atoms. The molecule has 1 aromatic carbocycles. The summed E-state index contributed by atoms with van der Waals surface area (Å²) in [6.45, 7) is 4.94. The second-order valence-electron chi connectivity index (χ2n) is 7.22. The summed E-state index contributed by atoms with van der Waals surface area (Å²) in [5.41, 5.74) is 1.67. The molecule has 134 valence electrons. The predicted octanol–water partition coefficient (Wildman–Crippen LogP) is 3.27. The number of benzene rings is 1. The van der Waals surface area contributed by atoms with Gasteiger partial charge >= 0.3 is 0 Å². The summed E-state index contributed by atoms with van der Waals surface area (Å²) in [6, 6.07) is 3.96. The molecule has 2 fully saturated rings. The van der Waals surface area contributed by atoms with Gasteiger partial charge in [0.1, 0.15) is 0 Å². The molecule has 0 amide bonds. The average Bonchev–Trinajstić information content (AvgIpc) is 2.95. The third kappa shape index (κ3) is 3.13. The zero-order chi connectivity index (χ0) is 17.6. The summed E-state index contributed by atoms with van der Waals surface area (Å²) in [6.07, 6.45) is 3.26. The molecule has 1 N–H and O–H groups in total. The van der Waals surface area contributed by atoms with E-state index in [1.807, 2.05) is 12.1 Å². The highest BCUT2D eigenvalue weighted by Gasteiger charge is 2.44. The molecule has 2 aliphatic rings. The first kappa shape index (κ1) is 17.4. The van der Waals surface area contributed by atoms with Gasteiger partial charge in [-0.2, -0.15) is 0 Å². The van der Waals surface area contributed by atoms with E-state index in [2.05, 4.69) is 21.8 Å². The van der Waals surface area contributed by atoms with E-state index in [9.17, 15) is 5.11 Å². The molecule has 2 atom stereocenters. The lowest BCUT2D eigenvalue weighted by Gasteiger charge is -2.43. The summed E-state index contributed by atoms with van der Waals surface area (Å²) in [5, 5.41) is 12.2. The van der Waals surface area contributed by atoms with Crippen molar-refractivity contribution in [2.75, 3.05) is 26.3 Å². The standard InChI is InChI=1S/C18H21Cl2N3O2/c1-18(10-25-9-16(18)24)23-4-2-11(3-5-23)13-7-15-12(6-14(13)19)8-21-17(20)22-15/h6-8,11,16,24H,2-5,9-10H2,1H3/t16-,18+/m1/s1. The van der Waals surface area contributed by atoms with Crippen LogP contribution in [0.5, 0.6) is 0 Å². The number of halogens is 2. The molecule has 0 saturated carbocycles. The number of fused-ring (bicyclic) bond motifs is 1. The van der Waals surface area contributed by atoms with E-state index < -0.39 is 6.10 Å². The summed E-state index contributed by atoms with van der Waals surface area (Å²) < 4.78 is 5.48. The number of likely N-dealkylation sites (tertiary alicyclic amines) is 1. The zero-order valence-corrected chi connectivity index (χ0v) is 15.6. The van der Waals surface area contributed by atoms with Crippen molar-refractivity contribution in [1.29, 1.82) is 0 Å². The SMILES string of the molecule is C[C@]1(N2CCC(c3cc4nc(Cl)ncc4cc3Cl)CC2)COC[C@H]1O. The molecule has 0 spiro atoms. The summed E-state index contributed by atoms with van der Waals surface area (Å²) in [4.78, 5) is 10.7. The first-order chi connectivity index (χ1) is 12.0. The van der Waals surface area contributed by atoms with Gasteiger partial charge in [-0.15, -0.1) is 0 Å². The smallest absolute Gasteiger partial charge is 0.222 e. The van der Waals surface area contributed by atoms with Crippen LogP contribution in [0.15, 0.2) is 18.3 Å². The minimum Gasteiger partial charge on any atom is -0.389 e. The average molecular weight is 382 g/mol. The van der Waals surface area contributed by atoms with Gasteiger partial charge in [0.15, 0.2) is 0 Å². The lowest BCUT2D eigenvalue weighted by Crippen LogP contribution is -2.56. The fraction of sp³-hybridized carbons (Fsp3) is 0.556. The van der Waals surface area contributed by atoms with Crippen LogP contribution in [0.3, 0.4) is 0 Å². The maximum Gasteiger partial charge on any atom is 0.222 e. The number of hydrogen-bond acceptors (Lipinski definition) is 5. The molecule has 2 aromatic rings. The minimum absolute atomic E-state index is 0.249. The van der Waals surface area contributed by atoms with E-state index in [1.54, 1.807) is 6.20 Å². The third-order valence-electron chi connectivity index (χ3n) is 5.71. The van der Waals surface area contributed by atoms with Crippen molar-refractivity contribution in [3.05, 3.63) is 34.2 Å². The Morgan fingerprint density at radius 1 is 1.28 bits per heavy atom. The summed E-state index contributed by atoms with van der Waals surface area (Å²) in [5.74, 6) is 0.380. The van der Waals surface area contributed by atoms with Gasteiger partial charge < -0.3 is 9.84 Å². The van der Waals surface area contributed by atoms with Crippen molar-refractivity contribution in [1.82, 2.24) is 14.9 Å². The molecule has 7 heteroatoms. The van der Waals surface area contributed by atoms with E-state index in [-0.39, 0.29) is 10.8 Å². The molecule has 4 rings (SSSR count). The Labute approximate surface area is 156 Å². The number of nitrogens with zero attached hydrogens (tertiary/aromatic N) is 3. The Bertz CT molecular complexity index is 795. The number of aliphatic hydroxyl groups excluding tert-OH is 1. The van der Waals surface area contributed by atoms with E-state index in [0.717, 1.165) is 47.4 Å². The Kier molecular flexibility index (Phi) is 4.63. The monoisotopic (exact) mass is 381 g/mol. The lowest BCUT2D eigenvalue weighted by atomic mass is 9.85. The van der Waals surface area contributed by atoms with Crippen LogP contribution in [0.25, 0.3) is 10.9 Å². The fourth-order valence-corrected chi connectivity index (χ4v) is 4.48. The maximum absolute atomic E-state index is 10.3. The van der Waals surface area contributed by atoms with Gasteiger partial charge in [-0.05, 0) is 68.1 Å². The lowest BCUT2D eigenvalue weighted by molar-refractivity contribution is -0.00211. The highest BCUT2D eigenvalue weighted by Crippen LogP contribution is 2.38. The van der Waals surface area contributed by atoms with Crippen molar-refractivity contribution in [2.24, 2.45) is 0 Å². The number of ether oxygens (including phenoxy) is 1.